The van der Waals surface area contributed by atoms with E-state index >= 15 is 0 Å². The van der Waals surface area contributed by atoms with Crippen LogP contribution in [0.25, 0.3) is 22.3 Å². The average molecular weight is 580 g/mol. The molecule has 0 N–H and O–H groups in total. The molecular weight excluding hydrogens is 551 g/mol. The van der Waals surface area contributed by atoms with E-state index in [1.54, 1.807) is 56.3 Å². The fraction of sp³-hybridized carbons (Fsp3) is 0.226. The number of carbonyl (C=O) groups excluding carboxylic acids is 1. The second-order valence-electron chi connectivity index (χ2n) is 9.11. The standard InChI is InChI=1S/C31H28F3N3O5/c1-5-10-21-15-20(16-26(40-4)27(21)42-19(3)30(39)41-6-2)18-35-37-28(22-11-9-12-23(17-22)31(32,33)34)36-25-14-8-7-13-24(25)29(37)38/h5,7-9,11-19H,1,6,10H2,2-4H3/t19-/m0/s1. The topological polar surface area (TPSA) is 92.0 Å². The predicted molar refractivity (Wildman–Crippen MR) is 153 cm³/mol. The minimum atomic E-state index is -4.59. The van der Waals surface area contributed by atoms with E-state index in [0.29, 0.717) is 28.8 Å². The molecule has 42 heavy (non-hydrogen) atoms. The van der Waals surface area contributed by atoms with Gasteiger partial charge in [0.1, 0.15) is 0 Å². The van der Waals surface area contributed by atoms with Crippen LogP contribution in [0, 0.1) is 0 Å². The zero-order valence-electron chi connectivity index (χ0n) is 23.1. The Balaban J connectivity index is 1.84. The molecule has 0 amide bonds. The van der Waals surface area contributed by atoms with Gasteiger partial charge in [-0.25, -0.2) is 9.78 Å². The maximum absolute atomic E-state index is 13.5. The van der Waals surface area contributed by atoms with E-state index in [4.69, 9.17) is 14.2 Å². The number of esters is 1. The van der Waals surface area contributed by atoms with Crippen molar-refractivity contribution in [2.45, 2.75) is 32.5 Å². The molecule has 218 valence electrons. The van der Waals surface area contributed by atoms with Crippen LogP contribution < -0.4 is 15.0 Å². The molecule has 1 aromatic heterocycles. The number of methoxy groups -OCH3 is 1. The predicted octanol–water partition coefficient (Wildman–Crippen LogP) is 6.03. The van der Waals surface area contributed by atoms with E-state index in [0.717, 1.165) is 16.8 Å². The maximum Gasteiger partial charge on any atom is 0.416 e. The van der Waals surface area contributed by atoms with E-state index in [1.807, 2.05) is 0 Å². The van der Waals surface area contributed by atoms with Crippen molar-refractivity contribution in [1.29, 1.82) is 0 Å². The maximum atomic E-state index is 13.5. The Bertz CT molecular complexity index is 1710. The second kappa shape index (κ2) is 12.7. The summed E-state index contributed by atoms with van der Waals surface area (Å²) in [7, 11) is 1.43. The van der Waals surface area contributed by atoms with Crippen LogP contribution in [0.2, 0.25) is 0 Å². The van der Waals surface area contributed by atoms with Crippen molar-refractivity contribution in [3.63, 3.8) is 0 Å². The van der Waals surface area contributed by atoms with E-state index in [1.165, 1.54) is 25.5 Å². The molecule has 0 aliphatic carbocycles. The SMILES string of the molecule is C=CCc1cc(C=Nn2c(-c3cccc(C(F)(F)F)c3)nc3ccccc3c2=O)cc(OC)c1O[C@@H](C)C(=O)OCC. The summed E-state index contributed by atoms with van der Waals surface area (Å²) in [6.45, 7) is 7.22. The molecule has 0 aliphatic heterocycles. The molecule has 4 rings (SSSR count). The third-order valence-electron chi connectivity index (χ3n) is 6.18. The molecule has 0 unspecified atom stereocenters. The van der Waals surface area contributed by atoms with Crippen LogP contribution in [0.5, 0.6) is 11.5 Å². The van der Waals surface area contributed by atoms with E-state index in [2.05, 4.69) is 16.7 Å². The molecule has 8 nitrogen and oxygen atoms in total. The van der Waals surface area contributed by atoms with Crippen molar-refractivity contribution in [3.8, 4) is 22.9 Å². The Labute approximate surface area is 239 Å². The minimum absolute atomic E-state index is 0.0615. The van der Waals surface area contributed by atoms with Gasteiger partial charge in [-0.1, -0.05) is 30.3 Å². The summed E-state index contributed by atoms with van der Waals surface area (Å²) in [4.78, 5) is 30.1. The quantitative estimate of drug-likeness (QED) is 0.129. The number of nitrogens with zero attached hydrogens (tertiary/aromatic N) is 3. The highest BCUT2D eigenvalue weighted by Crippen LogP contribution is 2.35. The molecule has 0 saturated carbocycles. The first kappa shape index (κ1) is 30.0. The third-order valence-corrected chi connectivity index (χ3v) is 6.18. The number of ether oxygens (including phenoxy) is 3. The fourth-order valence-corrected chi connectivity index (χ4v) is 4.21. The lowest BCUT2D eigenvalue weighted by molar-refractivity contribution is -0.150. The molecule has 1 heterocycles. The van der Waals surface area contributed by atoms with Crippen LogP contribution >= 0.6 is 0 Å². The van der Waals surface area contributed by atoms with Crippen LogP contribution in [-0.2, 0) is 22.1 Å². The number of hydrogen-bond acceptors (Lipinski definition) is 7. The normalized spacial score (nSPS) is 12.3. The van der Waals surface area contributed by atoms with Gasteiger partial charge < -0.3 is 14.2 Å². The molecule has 0 aliphatic rings. The minimum Gasteiger partial charge on any atom is -0.493 e. The summed E-state index contributed by atoms with van der Waals surface area (Å²) in [5.41, 5.74) is 0.0223. The highest BCUT2D eigenvalue weighted by Gasteiger charge is 2.31. The van der Waals surface area contributed by atoms with E-state index in [-0.39, 0.29) is 29.1 Å². The zero-order chi connectivity index (χ0) is 30.4. The van der Waals surface area contributed by atoms with Gasteiger partial charge in [0.05, 0.1) is 36.4 Å². The van der Waals surface area contributed by atoms with Gasteiger partial charge in [-0.3, -0.25) is 4.79 Å². The fourth-order valence-electron chi connectivity index (χ4n) is 4.21. The molecule has 0 radical (unpaired) electrons. The number of fused-ring (bicyclic) bond motifs is 1. The Morgan fingerprint density at radius 2 is 1.90 bits per heavy atom. The van der Waals surface area contributed by atoms with Crippen molar-refractivity contribution in [3.05, 3.63) is 100 Å². The van der Waals surface area contributed by atoms with Gasteiger partial charge in [-0.05, 0) is 62.2 Å². The number of para-hydroxylation sites is 1. The highest BCUT2D eigenvalue weighted by atomic mass is 19.4. The van der Waals surface area contributed by atoms with Crippen LogP contribution in [0.3, 0.4) is 0 Å². The Morgan fingerprint density at radius 3 is 2.60 bits per heavy atom. The van der Waals surface area contributed by atoms with Gasteiger partial charge in [-0.2, -0.15) is 22.9 Å². The third kappa shape index (κ3) is 6.51. The summed E-state index contributed by atoms with van der Waals surface area (Å²) >= 11 is 0. The molecule has 3 aromatic carbocycles. The van der Waals surface area contributed by atoms with Gasteiger partial charge in [0.25, 0.3) is 5.56 Å². The van der Waals surface area contributed by atoms with Crippen molar-refractivity contribution in [1.82, 2.24) is 9.66 Å². The smallest absolute Gasteiger partial charge is 0.416 e. The number of aromatic nitrogens is 2. The summed E-state index contributed by atoms with van der Waals surface area (Å²) in [6, 6.07) is 14.3. The summed E-state index contributed by atoms with van der Waals surface area (Å²) in [5, 5.41) is 4.60. The van der Waals surface area contributed by atoms with Crippen LogP contribution in [0.4, 0.5) is 13.2 Å². The largest absolute Gasteiger partial charge is 0.493 e. The molecule has 0 spiro atoms. The summed E-state index contributed by atoms with van der Waals surface area (Å²) in [5.74, 6) is -0.0130. The van der Waals surface area contributed by atoms with Crippen LogP contribution in [0.15, 0.2) is 83.2 Å². The molecule has 0 saturated heterocycles. The molecule has 0 fully saturated rings. The zero-order valence-corrected chi connectivity index (χ0v) is 23.1. The summed E-state index contributed by atoms with van der Waals surface area (Å²) < 4.78 is 57.8. The lowest BCUT2D eigenvalue weighted by Gasteiger charge is -2.19. The first-order chi connectivity index (χ1) is 20.1. The number of halogens is 3. The van der Waals surface area contributed by atoms with Gasteiger partial charge >= 0.3 is 12.1 Å². The second-order valence-corrected chi connectivity index (χ2v) is 9.11. The Morgan fingerprint density at radius 1 is 1.14 bits per heavy atom. The number of rotatable bonds is 10. The van der Waals surface area contributed by atoms with Crippen molar-refractivity contribution in [2.75, 3.05) is 13.7 Å². The monoisotopic (exact) mass is 579 g/mol. The highest BCUT2D eigenvalue weighted by molar-refractivity contribution is 5.83. The molecule has 11 heteroatoms. The first-order valence-corrected chi connectivity index (χ1v) is 13.0. The van der Waals surface area contributed by atoms with Crippen molar-refractivity contribution in [2.24, 2.45) is 5.10 Å². The molecule has 1 atom stereocenters. The van der Waals surface area contributed by atoms with Crippen LogP contribution in [0.1, 0.15) is 30.5 Å². The Kier molecular flexibility index (Phi) is 9.09. The van der Waals surface area contributed by atoms with Gasteiger partial charge in [-0.15, -0.1) is 6.58 Å². The van der Waals surface area contributed by atoms with Gasteiger partial charge in [0, 0.05) is 11.1 Å². The van der Waals surface area contributed by atoms with Gasteiger partial charge in [0.2, 0.25) is 0 Å². The average Bonchev–Trinajstić information content (AvgIpc) is 2.97. The first-order valence-electron chi connectivity index (χ1n) is 13.0. The number of carbonyl (C=O) groups is 1. The van der Waals surface area contributed by atoms with E-state index < -0.39 is 29.4 Å². The molecular formula is C31H28F3N3O5. The summed E-state index contributed by atoms with van der Waals surface area (Å²) in [6.07, 6.45) is -2.16. The lowest BCUT2D eigenvalue weighted by atomic mass is 10.1. The number of benzene rings is 3. The lowest BCUT2D eigenvalue weighted by Crippen LogP contribution is -2.26. The molecule has 0 bridgehead atoms. The van der Waals surface area contributed by atoms with E-state index in [9.17, 15) is 22.8 Å². The Hall–Kier alpha value is -4.93. The number of alkyl halides is 3. The number of allylic oxidation sites excluding steroid dienone is 1. The van der Waals surface area contributed by atoms with Gasteiger partial charge in [0.15, 0.2) is 23.4 Å². The van der Waals surface area contributed by atoms with Crippen molar-refractivity contribution < 1.29 is 32.2 Å². The number of hydrogen-bond donors (Lipinski definition) is 0. The van der Waals surface area contributed by atoms with Crippen LogP contribution in [-0.4, -0.2) is 41.7 Å². The molecule has 4 aromatic rings. The van der Waals surface area contributed by atoms with Crippen molar-refractivity contribution >= 4 is 23.1 Å².